The molecule has 0 saturated heterocycles. The van der Waals surface area contributed by atoms with Crippen LogP contribution in [0.1, 0.15) is 17.0 Å². The zero-order valence-corrected chi connectivity index (χ0v) is 14.2. The molecule has 0 bridgehead atoms. The second kappa shape index (κ2) is 7.57. The van der Waals surface area contributed by atoms with Crippen LogP contribution in [0.3, 0.4) is 0 Å². The summed E-state index contributed by atoms with van der Waals surface area (Å²) in [6, 6.07) is 22.2. The maximum absolute atomic E-state index is 4.70. The lowest BCUT2D eigenvalue weighted by atomic mass is 10.2. The molecule has 2 aromatic heterocycles. The molecule has 2 aromatic carbocycles. The van der Waals surface area contributed by atoms with Crippen LogP contribution in [0, 0.1) is 0 Å². The first kappa shape index (κ1) is 16.0. The van der Waals surface area contributed by atoms with Crippen molar-refractivity contribution < 1.29 is 0 Å². The third-order valence-corrected chi connectivity index (χ3v) is 4.03. The van der Waals surface area contributed by atoms with Crippen LogP contribution >= 0.6 is 0 Å². The highest BCUT2D eigenvalue weighted by Crippen LogP contribution is 2.21. The van der Waals surface area contributed by atoms with Crippen LogP contribution in [0.4, 0.5) is 5.82 Å². The number of benzene rings is 2. The minimum atomic E-state index is 0.670. The lowest BCUT2D eigenvalue weighted by Crippen LogP contribution is -2.04. The summed E-state index contributed by atoms with van der Waals surface area (Å²) in [4.78, 5) is 13.5. The van der Waals surface area contributed by atoms with Gasteiger partial charge in [0.05, 0.1) is 5.52 Å². The molecule has 4 rings (SSSR count). The highest BCUT2D eigenvalue weighted by molar-refractivity contribution is 5.90. The molecule has 0 spiro atoms. The first-order valence-corrected chi connectivity index (χ1v) is 8.51. The Labute approximate surface area is 152 Å². The van der Waals surface area contributed by atoms with Gasteiger partial charge in [-0.05, 0) is 41.5 Å². The first-order chi connectivity index (χ1) is 12.9. The fraction of sp³-hybridized carbons (Fsp3) is 0.0455. The van der Waals surface area contributed by atoms with Gasteiger partial charge in [0.1, 0.15) is 5.82 Å². The topological polar surface area (TPSA) is 50.7 Å². The van der Waals surface area contributed by atoms with E-state index in [9.17, 15) is 0 Å². The molecular weight excluding hydrogens is 320 g/mol. The lowest BCUT2D eigenvalue weighted by Gasteiger charge is -2.10. The summed E-state index contributed by atoms with van der Waals surface area (Å²) < 4.78 is 0. The molecule has 1 N–H and O–H groups in total. The second-order valence-electron chi connectivity index (χ2n) is 5.91. The summed E-state index contributed by atoms with van der Waals surface area (Å²) in [7, 11) is 0. The summed E-state index contributed by atoms with van der Waals surface area (Å²) in [5.41, 5.74) is 3.15. The zero-order chi connectivity index (χ0) is 17.6. The maximum atomic E-state index is 4.70. The van der Waals surface area contributed by atoms with Gasteiger partial charge in [0.15, 0.2) is 5.82 Å². The number of nitrogens with one attached hydrogen (secondary N) is 1. The van der Waals surface area contributed by atoms with Crippen molar-refractivity contribution in [2.45, 2.75) is 6.54 Å². The largest absolute Gasteiger partial charge is 0.365 e. The third-order valence-electron chi connectivity index (χ3n) is 4.03. The number of anilines is 1. The van der Waals surface area contributed by atoms with Crippen molar-refractivity contribution in [3.8, 4) is 0 Å². The maximum Gasteiger partial charge on any atom is 0.154 e. The van der Waals surface area contributed by atoms with Crippen molar-refractivity contribution in [3.63, 3.8) is 0 Å². The van der Waals surface area contributed by atoms with Crippen LogP contribution in [0.2, 0.25) is 0 Å². The van der Waals surface area contributed by atoms with Crippen LogP contribution in [-0.4, -0.2) is 15.0 Å². The molecule has 2 heterocycles. The summed E-state index contributed by atoms with van der Waals surface area (Å²) in [5.74, 6) is 1.51. The van der Waals surface area contributed by atoms with Gasteiger partial charge < -0.3 is 5.32 Å². The van der Waals surface area contributed by atoms with Gasteiger partial charge in [-0.3, -0.25) is 4.98 Å². The fourth-order valence-corrected chi connectivity index (χ4v) is 2.73. The first-order valence-electron chi connectivity index (χ1n) is 8.51. The Morgan fingerprint density at radius 2 is 1.65 bits per heavy atom. The Morgan fingerprint density at radius 3 is 2.50 bits per heavy atom. The van der Waals surface area contributed by atoms with E-state index in [2.05, 4.69) is 27.4 Å². The molecular formula is C22H18N4. The molecule has 0 aliphatic rings. The van der Waals surface area contributed by atoms with Gasteiger partial charge in [0.2, 0.25) is 0 Å². The van der Waals surface area contributed by atoms with Crippen LogP contribution in [-0.2, 0) is 6.54 Å². The molecule has 0 radical (unpaired) electrons. The Kier molecular flexibility index (Phi) is 4.65. The van der Waals surface area contributed by atoms with Gasteiger partial charge in [-0.1, -0.05) is 48.5 Å². The van der Waals surface area contributed by atoms with Crippen molar-refractivity contribution in [2.24, 2.45) is 0 Å². The highest BCUT2D eigenvalue weighted by Gasteiger charge is 2.06. The quantitative estimate of drug-likeness (QED) is 0.567. The number of aromatic nitrogens is 3. The molecule has 0 aliphatic heterocycles. The van der Waals surface area contributed by atoms with Gasteiger partial charge in [-0.25, -0.2) is 9.97 Å². The molecule has 0 saturated carbocycles. The molecule has 0 atom stereocenters. The standard InChI is InChI=1S/C22H18N4/c1-2-7-17(8-3-1)16-24-22-19-10-4-5-11-20(19)25-21(26-22)13-12-18-9-6-14-23-15-18/h1-15H,16H2,(H,24,25,26). The minimum Gasteiger partial charge on any atom is -0.365 e. The van der Waals surface area contributed by atoms with Gasteiger partial charge >= 0.3 is 0 Å². The van der Waals surface area contributed by atoms with E-state index < -0.39 is 0 Å². The van der Waals surface area contributed by atoms with Crippen molar-refractivity contribution in [2.75, 3.05) is 5.32 Å². The molecule has 126 valence electrons. The smallest absolute Gasteiger partial charge is 0.154 e. The summed E-state index contributed by atoms with van der Waals surface area (Å²) in [6.45, 7) is 0.716. The molecule has 26 heavy (non-hydrogen) atoms. The van der Waals surface area contributed by atoms with Crippen molar-refractivity contribution >= 4 is 28.9 Å². The second-order valence-corrected chi connectivity index (χ2v) is 5.91. The van der Waals surface area contributed by atoms with E-state index >= 15 is 0 Å². The van der Waals surface area contributed by atoms with E-state index in [1.54, 1.807) is 6.20 Å². The third kappa shape index (κ3) is 3.75. The zero-order valence-electron chi connectivity index (χ0n) is 14.2. The average Bonchev–Trinajstić information content (AvgIpc) is 2.72. The van der Waals surface area contributed by atoms with Gasteiger partial charge in [-0.15, -0.1) is 0 Å². The van der Waals surface area contributed by atoms with Crippen LogP contribution in [0.5, 0.6) is 0 Å². The molecule has 4 nitrogen and oxygen atoms in total. The average molecular weight is 338 g/mol. The van der Waals surface area contributed by atoms with Crippen LogP contribution in [0.15, 0.2) is 79.1 Å². The fourth-order valence-electron chi connectivity index (χ4n) is 2.73. The van der Waals surface area contributed by atoms with E-state index in [4.69, 9.17) is 4.98 Å². The van der Waals surface area contributed by atoms with Gasteiger partial charge in [0, 0.05) is 24.3 Å². The number of hydrogen-bond donors (Lipinski definition) is 1. The van der Waals surface area contributed by atoms with Gasteiger partial charge in [-0.2, -0.15) is 0 Å². The van der Waals surface area contributed by atoms with Gasteiger partial charge in [0.25, 0.3) is 0 Å². The van der Waals surface area contributed by atoms with Crippen molar-refractivity contribution in [1.82, 2.24) is 15.0 Å². The SMILES string of the molecule is C(=Cc1nc(NCc2ccccc2)c2ccccc2n1)c1cccnc1. The predicted molar refractivity (Wildman–Crippen MR) is 106 cm³/mol. The Morgan fingerprint density at radius 1 is 0.808 bits per heavy atom. The van der Waals surface area contributed by atoms with E-state index in [0.717, 1.165) is 22.3 Å². The van der Waals surface area contributed by atoms with Crippen molar-refractivity contribution in [1.29, 1.82) is 0 Å². The number of rotatable bonds is 5. The predicted octanol–water partition coefficient (Wildman–Crippen LogP) is 4.81. The summed E-state index contributed by atoms with van der Waals surface area (Å²) in [5, 5.41) is 4.46. The molecule has 0 fully saturated rings. The van der Waals surface area contributed by atoms with E-state index in [-0.39, 0.29) is 0 Å². The molecule has 0 unspecified atom stereocenters. The molecule has 4 heteroatoms. The number of pyridine rings is 1. The molecule has 0 aliphatic carbocycles. The van der Waals surface area contributed by atoms with Crippen LogP contribution in [0.25, 0.3) is 23.1 Å². The number of hydrogen-bond acceptors (Lipinski definition) is 4. The van der Waals surface area contributed by atoms with E-state index in [0.29, 0.717) is 12.4 Å². The Hall–Kier alpha value is -3.53. The summed E-state index contributed by atoms with van der Waals surface area (Å²) in [6.07, 6.45) is 7.46. The summed E-state index contributed by atoms with van der Waals surface area (Å²) >= 11 is 0. The van der Waals surface area contributed by atoms with E-state index in [1.165, 1.54) is 5.56 Å². The lowest BCUT2D eigenvalue weighted by molar-refractivity contribution is 1.09. The molecule has 0 amide bonds. The number of nitrogens with zero attached hydrogens (tertiary/aromatic N) is 3. The van der Waals surface area contributed by atoms with E-state index in [1.807, 2.05) is 72.9 Å². The minimum absolute atomic E-state index is 0.670. The number of fused-ring (bicyclic) bond motifs is 1. The Balaban J connectivity index is 1.65. The normalized spacial score (nSPS) is 11.1. The van der Waals surface area contributed by atoms with Crippen molar-refractivity contribution in [3.05, 3.63) is 96.1 Å². The monoisotopic (exact) mass is 338 g/mol. The van der Waals surface area contributed by atoms with Crippen LogP contribution < -0.4 is 5.32 Å². The highest BCUT2D eigenvalue weighted by atomic mass is 15.0. The molecule has 4 aromatic rings. The Bertz CT molecular complexity index is 1030. The number of para-hydroxylation sites is 1.